The molecule has 1 unspecified atom stereocenters. The summed E-state index contributed by atoms with van der Waals surface area (Å²) in [6.07, 6.45) is 0.936. The molecule has 0 radical (unpaired) electrons. The number of nitrogens with one attached hydrogen (secondary N) is 1. The van der Waals surface area contributed by atoms with Crippen LogP contribution in [0.2, 0.25) is 0 Å². The van der Waals surface area contributed by atoms with Gasteiger partial charge in [0.05, 0.1) is 29.3 Å². The van der Waals surface area contributed by atoms with Crippen molar-refractivity contribution in [2.24, 2.45) is 5.14 Å². The molecular weight excluding hydrogens is 454 g/mol. The van der Waals surface area contributed by atoms with Gasteiger partial charge < -0.3 is 10.1 Å². The van der Waals surface area contributed by atoms with E-state index in [2.05, 4.69) is 12.2 Å². The van der Waals surface area contributed by atoms with Crippen LogP contribution in [0.4, 0.5) is 11.4 Å². The maximum atomic E-state index is 13.4. The van der Waals surface area contributed by atoms with Gasteiger partial charge in [-0.15, -0.1) is 0 Å². The summed E-state index contributed by atoms with van der Waals surface area (Å²) in [6, 6.07) is 19.7. The van der Waals surface area contributed by atoms with Crippen molar-refractivity contribution in [3.05, 3.63) is 83.9 Å². The van der Waals surface area contributed by atoms with Crippen molar-refractivity contribution < 1.29 is 22.7 Å². The Morgan fingerprint density at radius 1 is 1.06 bits per heavy atom. The van der Waals surface area contributed by atoms with Crippen molar-refractivity contribution in [1.82, 2.24) is 0 Å². The third kappa shape index (κ3) is 4.95. The van der Waals surface area contributed by atoms with E-state index in [0.29, 0.717) is 17.0 Å². The number of carbonyl (C=O) groups excluding carboxylic acids is 2. The maximum Gasteiger partial charge on any atom is 0.252 e. The molecule has 0 aliphatic carbocycles. The summed E-state index contributed by atoms with van der Waals surface area (Å²) < 4.78 is 29.3. The van der Waals surface area contributed by atoms with Crippen molar-refractivity contribution in [3.63, 3.8) is 0 Å². The Labute approximate surface area is 198 Å². The standard InChI is InChI=1S/C25H25N3O5S/c1-2-17-8-10-19(11-9-17)33-15-14-23(29)28-22-13-12-20(34(26,31)32)16-21(22)27-25(30)24(28)18-6-4-3-5-7-18/h3-13,16,24H,2,14-15H2,1H3,(H,27,30)(H2,26,31,32). The van der Waals surface area contributed by atoms with E-state index in [1.54, 1.807) is 24.3 Å². The molecule has 3 aromatic rings. The fourth-order valence-electron chi connectivity index (χ4n) is 3.87. The number of fused-ring (bicyclic) bond motifs is 1. The minimum absolute atomic E-state index is 0.0164. The lowest BCUT2D eigenvalue weighted by Crippen LogP contribution is -2.45. The van der Waals surface area contributed by atoms with Crippen LogP contribution >= 0.6 is 0 Å². The lowest BCUT2D eigenvalue weighted by atomic mass is 9.99. The van der Waals surface area contributed by atoms with Gasteiger partial charge in [0.1, 0.15) is 11.8 Å². The number of ether oxygens (including phenoxy) is 1. The Bertz CT molecular complexity index is 1310. The number of amides is 2. The molecule has 0 bridgehead atoms. The van der Waals surface area contributed by atoms with Crippen LogP contribution in [0.3, 0.4) is 0 Å². The Hall–Kier alpha value is -3.69. The number of hydrogen-bond donors (Lipinski definition) is 2. The number of nitrogens with zero attached hydrogens (tertiary/aromatic N) is 1. The number of carbonyl (C=O) groups is 2. The fourth-order valence-corrected chi connectivity index (χ4v) is 4.41. The van der Waals surface area contributed by atoms with Crippen molar-refractivity contribution >= 4 is 33.2 Å². The topological polar surface area (TPSA) is 119 Å². The molecule has 0 saturated carbocycles. The number of nitrogens with two attached hydrogens (primary N) is 1. The van der Waals surface area contributed by atoms with Crippen LogP contribution in [0, 0.1) is 0 Å². The van der Waals surface area contributed by atoms with E-state index >= 15 is 0 Å². The first kappa shape index (κ1) is 23.5. The summed E-state index contributed by atoms with van der Waals surface area (Å²) in [4.78, 5) is 27.7. The molecule has 8 nitrogen and oxygen atoms in total. The number of primary sulfonamides is 1. The lowest BCUT2D eigenvalue weighted by molar-refractivity contribution is -0.124. The third-order valence-electron chi connectivity index (χ3n) is 5.62. The second kappa shape index (κ2) is 9.66. The van der Waals surface area contributed by atoms with Gasteiger partial charge in [0.25, 0.3) is 5.91 Å². The number of hydrogen-bond acceptors (Lipinski definition) is 5. The number of sulfonamides is 1. The van der Waals surface area contributed by atoms with E-state index in [9.17, 15) is 18.0 Å². The SMILES string of the molecule is CCc1ccc(OCCC(=O)N2c3ccc(S(N)(=O)=O)cc3NC(=O)C2c2ccccc2)cc1. The second-order valence-electron chi connectivity index (χ2n) is 7.89. The fraction of sp³-hybridized carbons (Fsp3) is 0.200. The molecule has 0 saturated heterocycles. The Morgan fingerprint density at radius 2 is 1.76 bits per heavy atom. The summed E-state index contributed by atoms with van der Waals surface area (Å²) in [7, 11) is -3.98. The van der Waals surface area contributed by atoms with E-state index in [4.69, 9.17) is 9.88 Å². The maximum absolute atomic E-state index is 13.4. The first-order valence-electron chi connectivity index (χ1n) is 10.8. The van der Waals surface area contributed by atoms with Crippen LogP contribution in [0.5, 0.6) is 5.75 Å². The molecule has 1 aliphatic heterocycles. The lowest BCUT2D eigenvalue weighted by Gasteiger charge is -2.37. The van der Waals surface area contributed by atoms with Gasteiger partial charge in [0, 0.05) is 0 Å². The normalized spacial score (nSPS) is 15.4. The summed E-state index contributed by atoms with van der Waals surface area (Å²) in [6.45, 7) is 2.19. The Kier molecular flexibility index (Phi) is 6.67. The second-order valence-corrected chi connectivity index (χ2v) is 9.45. The first-order chi connectivity index (χ1) is 16.3. The van der Waals surface area contributed by atoms with Gasteiger partial charge in [-0.05, 0) is 47.9 Å². The molecule has 4 rings (SSSR count). The van der Waals surface area contributed by atoms with Crippen LogP contribution in [0.1, 0.15) is 30.5 Å². The predicted molar refractivity (Wildman–Crippen MR) is 129 cm³/mol. The number of aryl methyl sites for hydroxylation is 1. The molecule has 3 N–H and O–H groups in total. The molecule has 0 fully saturated rings. The first-order valence-corrected chi connectivity index (χ1v) is 12.4. The van der Waals surface area contributed by atoms with Crippen molar-refractivity contribution in [1.29, 1.82) is 0 Å². The molecule has 0 aromatic heterocycles. The van der Waals surface area contributed by atoms with Gasteiger partial charge in [-0.2, -0.15) is 0 Å². The minimum atomic E-state index is -3.98. The smallest absolute Gasteiger partial charge is 0.252 e. The van der Waals surface area contributed by atoms with Crippen LogP contribution in [0.25, 0.3) is 0 Å². The zero-order valence-electron chi connectivity index (χ0n) is 18.6. The van der Waals surface area contributed by atoms with E-state index in [0.717, 1.165) is 6.42 Å². The summed E-state index contributed by atoms with van der Waals surface area (Å²) >= 11 is 0. The minimum Gasteiger partial charge on any atom is -0.493 e. The number of benzene rings is 3. The van der Waals surface area contributed by atoms with E-state index in [1.807, 2.05) is 30.3 Å². The van der Waals surface area contributed by atoms with Crippen LogP contribution in [0.15, 0.2) is 77.7 Å². The third-order valence-corrected chi connectivity index (χ3v) is 6.53. The van der Waals surface area contributed by atoms with Gasteiger partial charge >= 0.3 is 0 Å². The zero-order chi connectivity index (χ0) is 24.3. The highest BCUT2D eigenvalue weighted by Crippen LogP contribution is 2.39. The Morgan fingerprint density at radius 3 is 2.41 bits per heavy atom. The van der Waals surface area contributed by atoms with Crippen LogP contribution in [-0.4, -0.2) is 26.8 Å². The molecule has 176 valence electrons. The largest absolute Gasteiger partial charge is 0.493 e. The van der Waals surface area contributed by atoms with Gasteiger partial charge in [0.15, 0.2) is 0 Å². The highest BCUT2D eigenvalue weighted by molar-refractivity contribution is 7.89. The summed E-state index contributed by atoms with van der Waals surface area (Å²) in [5.41, 5.74) is 2.40. The Balaban J connectivity index is 1.62. The molecule has 9 heteroatoms. The van der Waals surface area contributed by atoms with Crippen molar-refractivity contribution in [2.75, 3.05) is 16.8 Å². The zero-order valence-corrected chi connectivity index (χ0v) is 19.4. The summed E-state index contributed by atoms with van der Waals surface area (Å²) in [5, 5.41) is 7.95. The molecule has 1 atom stereocenters. The molecule has 34 heavy (non-hydrogen) atoms. The summed E-state index contributed by atoms with van der Waals surface area (Å²) in [5.74, 6) is -0.132. The highest BCUT2D eigenvalue weighted by atomic mass is 32.2. The molecule has 1 aliphatic rings. The van der Waals surface area contributed by atoms with Gasteiger partial charge in [-0.3, -0.25) is 14.5 Å². The number of rotatable bonds is 7. The van der Waals surface area contributed by atoms with E-state index in [-0.39, 0.29) is 29.5 Å². The average molecular weight is 480 g/mol. The highest BCUT2D eigenvalue weighted by Gasteiger charge is 2.38. The molecule has 0 spiro atoms. The van der Waals surface area contributed by atoms with E-state index < -0.39 is 22.0 Å². The molecule has 2 amide bonds. The van der Waals surface area contributed by atoms with E-state index in [1.165, 1.54) is 28.7 Å². The van der Waals surface area contributed by atoms with Gasteiger partial charge in [0.2, 0.25) is 15.9 Å². The van der Waals surface area contributed by atoms with Crippen molar-refractivity contribution in [3.8, 4) is 5.75 Å². The predicted octanol–water partition coefficient (Wildman–Crippen LogP) is 3.39. The van der Waals surface area contributed by atoms with Crippen LogP contribution < -0.4 is 20.1 Å². The van der Waals surface area contributed by atoms with Crippen molar-refractivity contribution in [2.45, 2.75) is 30.7 Å². The van der Waals surface area contributed by atoms with Gasteiger partial charge in [-0.25, -0.2) is 13.6 Å². The molecular formula is C25H25N3O5S. The van der Waals surface area contributed by atoms with Crippen LogP contribution in [-0.2, 0) is 26.0 Å². The molecule has 1 heterocycles. The average Bonchev–Trinajstić information content (AvgIpc) is 2.83. The quantitative estimate of drug-likeness (QED) is 0.538. The monoisotopic (exact) mass is 479 g/mol. The number of anilines is 2. The molecule has 3 aromatic carbocycles. The van der Waals surface area contributed by atoms with Gasteiger partial charge in [-0.1, -0.05) is 49.4 Å².